The molecule has 0 amide bonds. The Labute approximate surface area is 89.9 Å². The smallest absolute Gasteiger partial charge is 0.445 e. The number of hydrogen-bond donors (Lipinski definition) is 0. The Morgan fingerprint density at radius 3 is 2.53 bits per heavy atom. The monoisotopic (exact) mass is 234 g/mol. The second-order valence-electron chi connectivity index (χ2n) is 2.61. The van der Waals surface area contributed by atoms with Crippen LogP contribution in [0.2, 0.25) is 0 Å². The van der Waals surface area contributed by atoms with Crippen LogP contribution in [0.3, 0.4) is 0 Å². The highest BCUT2D eigenvalue weighted by Gasteiger charge is 2.26. The first-order valence-electron chi connectivity index (χ1n) is 4.07. The highest BCUT2D eigenvalue weighted by Crippen LogP contribution is 2.32. The molecule has 1 rings (SSSR count). The number of rotatable bonds is 3. The molecule has 0 aromatic heterocycles. The second kappa shape index (κ2) is 5.11. The van der Waals surface area contributed by atoms with Gasteiger partial charge in [0, 0.05) is 5.56 Å². The van der Waals surface area contributed by atoms with Gasteiger partial charge in [0.25, 0.3) is 0 Å². The Hall–Kier alpha value is -1.10. The first-order valence-corrected chi connectivity index (χ1v) is 4.95. The van der Waals surface area contributed by atoms with Gasteiger partial charge in [-0.15, -0.1) is 0 Å². The fourth-order valence-electron chi connectivity index (χ4n) is 0.989. The van der Waals surface area contributed by atoms with Gasteiger partial charge < -0.3 is 4.74 Å². The fraction of sp³-hybridized carbons (Fsp3) is 0.200. The van der Waals surface area contributed by atoms with Gasteiger partial charge in [-0.3, -0.25) is 0 Å². The zero-order valence-electron chi connectivity index (χ0n) is 7.91. The van der Waals surface area contributed by atoms with E-state index in [1.807, 2.05) is 0 Å². The molecule has 5 heteroatoms. The van der Waals surface area contributed by atoms with E-state index in [0.29, 0.717) is 11.3 Å². The molecule has 1 aromatic rings. The molecule has 0 radical (unpaired) electrons. The maximum absolute atomic E-state index is 11.8. The van der Waals surface area contributed by atoms with E-state index in [0.717, 1.165) is 5.41 Å². The number of para-hydroxylation sites is 1. The van der Waals surface area contributed by atoms with E-state index in [2.05, 4.69) is 0 Å². The zero-order valence-corrected chi connectivity index (χ0v) is 8.73. The van der Waals surface area contributed by atoms with Gasteiger partial charge in [-0.05, 0) is 29.3 Å². The number of hydrogen-bond acceptors (Lipinski definition) is 2. The van der Waals surface area contributed by atoms with Crippen LogP contribution >= 0.6 is 11.8 Å². The van der Waals surface area contributed by atoms with Crippen LogP contribution in [-0.2, 0) is 0 Å². The molecule has 0 spiro atoms. The Bertz CT molecular complexity index is 347. The maximum atomic E-state index is 11.8. The molecule has 0 bridgehead atoms. The largest absolute Gasteiger partial charge is 0.496 e. The molecule has 0 N–H and O–H groups in total. The molecule has 82 valence electrons. The van der Waals surface area contributed by atoms with Crippen LogP contribution in [-0.4, -0.2) is 12.6 Å². The molecule has 1 nitrogen and oxygen atoms in total. The van der Waals surface area contributed by atoms with E-state index in [9.17, 15) is 13.2 Å². The quantitative estimate of drug-likeness (QED) is 0.784. The molecule has 1 aromatic carbocycles. The molecule has 0 saturated heterocycles. The summed E-state index contributed by atoms with van der Waals surface area (Å²) in [6.45, 7) is 0. The van der Waals surface area contributed by atoms with Crippen molar-refractivity contribution in [1.82, 2.24) is 0 Å². The molecule has 0 unspecified atom stereocenters. The van der Waals surface area contributed by atoms with Crippen molar-refractivity contribution in [3.05, 3.63) is 35.2 Å². The molecule has 0 aliphatic rings. The van der Waals surface area contributed by atoms with Crippen LogP contribution in [0.5, 0.6) is 5.75 Å². The zero-order chi connectivity index (χ0) is 11.3. The Morgan fingerprint density at radius 2 is 1.93 bits per heavy atom. The number of ether oxygens (including phenoxy) is 1. The van der Waals surface area contributed by atoms with Gasteiger partial charge in [0.2, 0.25) is 0 Å². The summed E-state index contributed by atoms with van der Waals surface area (Å²) in [6.07, 6.45) is 1.37. The standard InChI is InChI=1S/C10H9F3OS/c1-14-9-5-3-2-4-8(9)6-7-15-10(11,12)13/h2-7H,1H3/b7-6+. The van der Waals surface area contributed by atoms with Gasteiger partial charge in [-0.1, -0.05) is 18.2 Å². The van der Waals surface area contributed by atoms with Crippen LogP contribution in [0.25, 0.3) is 6.08 Å². The van der Waals surface area contributed by atoms with Crippen molar-refractivity contribution in [2.75, 3.05) is 7.11 Å². The minimum atomic E-state index is -4.24. The van der Waals surface area contributed by atoms with E-state index in [1.165, 1.54) is 13.2 Å². The number of alkyl halides is 3. The van der Waals surface area contributed by atoms with Crippen LogP contribution in [0.1, 0.15) is 5.56 Å². The lowest BCUT2D eigenvalue weighted by Crippen LogP contribution is -1.96. The SMILES string of the molecule is COc1ccccc1/C=C/SC(F)(F)F. The highest BCUT2D eigenvalue weighted by molar-refractivity contribution is 8.03. The summed E-state index contributed by atoms with van der Waals surface area (Å²) in [5.41, 5.74) is -3.62. The summed E-state index contributed by atoms with van der Waals surface area (Å²) in [4.78, 5) is 0. The third-order valence-electron chi connectivity index (χ3n) is 1.59. The summed E-state index contributed by atoms with van der Waals surface area (Å²) < 4.78 is 40.5. The van der Waals surface area contributed by atoms with Gasteiger partial charge in [-0.2, -0.15) is 13.2 Å². The molecule has 0 aliphatic carbocycles. The van der Waals surface area contributed by atoms with Crippen LogP contribution in [0.4, 0.5) is 13.2 Å². The van der Waals surface area contributed by atoms with Gasteiger partial charge in [0.1, 0.15) is 5.75 Å². The van der Waals surface area contributed by atoms with E-state index in [1.54, 1.807) is 24.3 Å². The van der Waals surface area contributed by atoms with E-state index < -0.39 is 5.51 Å². The number of methoxy groups -OCH3 is 1. The third-order valence-corrected chi connectivity index (χ3v) is 2.13. The topological polar surface area (TPSA) is 9.23 Å². The van der Waals surface area contributed by atoms with Crippen molar-refractivity contribution in [3.63, 3.8) is 0 Å². The van der Waals surface area contributed by atoms with Crippen molar-refractivity contribution in [3.8, 4) is 5.75 Å². The van der Waals surface area contributed by atoms with Gasteiger partial charge in [0.05, 0.1) is 7.11 Å². The molecular weight excluding hydrogens is 225 g/mol. The molecular formula is C10H9F3OS. The lowest BCUT2D eigenvalue weighted by molar-refractivity contribution is -0.0319. The lowest BCUT2D eigenvalue weighted by atomic mass is 10.2. The maximum Gasteiger partial charge on any atom is 0.445 e. The molecule has 15 heavy (non-hydrogen) atoms. The summed E-state index contributed by atoms with van der Waals surface area (Å²) in [6, 6.07) is 6.87. The Kier molecular flexibility index (Phi) is 4.08. The number of benzene rings is 1. The normalized spacial score (nSPS) is 12.0. The van der Waals surface area contributed by atoms with E-state index >= 15 is 0 Å². The predicted octanol–water partition coefficient (Wildman–Crippen LogP) is 3.92. The molecule has 0 saturated carbocycles. The molecule has 0 heterocycles. The van der Waals surface area contributed by atoms with Crippen LogP contribution < -0.4 is 4.74 Å². The predicted molar refractivity (Wildman–Crippen MR) is 55.7 cm³/mol. The first-order chi connectivity index (χ1) is 7.03. The van der Waals surface area contributed by atoms with Gasteiger partial charge >= 0.3 is 5.51 Å². The first kappa shape index (κ1) is 12.0. The minimum absolute atomic E-state index is 0.189. The average molecular weight is 234 g/mol. The number of halogens is 3. The molecule has 0 fully saturated rings. The van der Waals surface area contributed by atoms with Crippen molar-refractivity contribution in [1.29, 1.82) is 0 Å². The van der Waals surface area contributed by atoms with Gasteiger partial charge in [-0.25, -0.2) is 0 Å². The fourth-order valence-corrected chi connectivity index (χ4v) is 1.36. The minimum Gasteiger partial charge on any atom is -0.496 e. The van der Waals surface area contributed by atoms with Crippen molar-refractivity contribution >= 4 is 17.8 Å². The highest BCUT2D eigenvalue weighted by atomic mass is 32.2. The van der Waals surface area contributed by atoms with Gasteiger partial charge in [0.15, 0.2) is 0 Å². The molecule has 0 aliphatic heterocycles. The summed E-state index contributed by atoms with van der Waals surface area (Å²) in [5, 5.41) is 0.998. The van der Waals surface area contributed by atoms with Crippen LogP contribution in [0.15, 0.2) is 29.7 Å². The number of thioether (sulfide) groups is 1. The summed E-state index contributed by atoms with van der Waals surface area (Å²) in [7, 11) is 1.48. The summed E-state index contributed by atoms with van der Waals surface area (Å²) >= 11 is -0.189. The van der Waals surface area contributed by atoms with Crippen molar-refractivity contribution < 1.29 is 17.9 Å². The average Bonchev–Trinajstić information content (AvgIpc) is 2.16. The van der Waals surface area contributed by atoms with Crippen LogP contribution in [0, 0.1) is 0 Å². The third kappa shape index (κ3) is 4.29. The van der Waals surface area contributed by atoms with Crippen molar-refractivity contribution in [2.24, 2.45) is 0 Å². The van der Waals surface area contributed by atoms with Crippen molar-refractivity contribution in [2.45, 2.75) is 5.51 Å². The summed E-state index contributed by atoms with van der Waals surface area (Å²) in [5.74, 6) is 0.552. The second-order valence-corrected chi connectivity index (χ2v) is 3.58. The lowest BCUT2D eigenvalue weighted by Gasteiger charge is -2.03. The van der Waals surface area contributed by atoms with E-state index in [-0.39, 0.29) is 11.8 Å². The Morgan fingerprint density at radius 1 is 1.27 bits per heavy atom. The molecule has 0 atom stereocenters. The van der Waals surface area contributed by atoms with E-state index in [4.69, 9.17) is 4.74 Å². The Balaban J connectivity index is 2.72.